The molecule has 0 bridgehead atoms. The molecule has 2 saturated heterocycles. The minimum absolute atomic E-state index is 0.304. The van der Waals surface area contributed by atoms with Gasteiger partial charge in [0.1, 0.15) is 17.3 Å². The summed E-state index contributed by atoms with van der Waals surface area (Å²) in [7, 11) is 0.304. The fourth-order valence-corrected chi connectivity index (χ4v) is 4.62. The van der Waals surface area contributed by atoms with Gasteiger partial charge in [-0.15, -0.1) is 0 Å². The van der Waals surface area contributed by atoms with Crippen molar-refractivity contribution in [3.8, 4) is 0 Å². The van der Waals surface area contributed by atoms with E-state index in [1.54, 1.807) is 0 Å². The van der Waals surface area contributed by atoms with Gasteiger partial charge in [-0.25, -0.2) is 0 Å². The molecule has 1 aromatic heterocycles. The average Bonchev–Trinajstić information content (AvgIpc) is 2.93. The molecule has 0 aliphatic carbocycles. The van der Waals surface area contributed by atoms with E-state index in [1.807, 2.05) is 0 Å². The summed E-state index contributed by atoms with van der Waals surface area (Å²) in [4.78, 5) is 11.8. The van der Waals surface area contributed by atoms with Crippen molar-refractivity contribution in [3.63, 3.8) is 0 Å². The molecule has 0 unspecified atom stereocenters. The summed E-state index contributed by atoms with van der Waals surface area (Å²) in [5, 5.41) is 1.09. The Morgan fingerprint density at radius 2 is 1.89 bits per heavy atom. The molecular formula is C13H20N3OS+. The van der Waals surface area contributed by atoms with Crippen molar-refractivity contribution in [2.45, 2.75) is 24.9 Å². The van der Waals surface area contributed by atoms with Crippen LogP contribution in [0.5, 0.6) is 0 Å². The van der Waals surface area contributed by atoms with Crippen LogP contribution in [0.1, 0.15) is 18.5 Å². The van der Waals surface area contributed by atoms with Crippen LogP contribution in [-0.4, -0.2) is 47.8 Å². The Labute approximate surface area is 111 Å². The van der Waals surface area contributed by atoms with Crippen LogP contribution in [0.2, 0.25) is 0 Å². The number of hydrogen-bond acceptors (Lipinski definition) is 4. The van der Waals surface area contributed by atoms with Crippen molar-refractivity contribution in [2.24, 2.45) is 0 Å². The molecule has 98 valence electrons. The number of rotatable bonds is 2. The molecule has 0 radical (unpaired) electrons. The van der Waals surface area contributed by atoms with Crippen molar-refractivity contribution in [1.29, 1.82) is 0 Å². The minimum Gasteiger partial charge on any atom is -0.378 e. The second-order valence-electron chi connectivity index (χ2n) is 4.86. The molecule has 1 aromatic rings. The van der Waals surface area contributed by atoms with Crippen LogP contribution in [0.4, 0.5) is 5.82 Å². The van der Waals surface area contributed by atoms with Crippen LogP contribution >= 0.6 is 0 Å². The molecule has 4 nitrogen and oxygen atoms in total. The lowest BCUT2D eigenvalue weighted by atomic mass is 10.3. The Kier molecular flexibility index (Phi) is 3.70. The maximum Gasteiger partial charge on any atom is 0.347 e. The highest BCUT2D eigenvalue weighted by molar-refractivity contribution is 7.96. The Morgan fingerprint density at radius 1 is 1.17 bits per heavy atom. The topological polar surface area (TPSA) is 38.2 Å². The summed E-state index contributed by atoms with van der Waals surface area (Å²) < 4.78 is 5.40. The van der Waals surface area contributed by atoms with Crippen LogP contribution in [-0.2, 0) is 15.6 Å². The summed E-state index contributed by atoms with van der Waals surface area (Å²) in [5.41, 5.74) is 1.10. The average molecular weight is 266 g/mol. The largest absolute Gasteiger partial charge is 0.378 e. The fourth-order valence-electron chi connectivity index (χ4n) is 2.45. The molecule has 2 fully saturated rings. The lowest BCUT2D eigenvalue weighted by molar-refractivity contribution is 0.122. The normalized spacial score (nSPS) is 21.5. The van der Waals surface area contributed by atoms with Crippen LogP contribution in [0.25, 0.3) is 0 Å². The van der Waals surface area contributed by atoms with E-state index >= 15 is 0 Å². The van der Waals surface area contributed by atoms with E-state index in [1.165, 1.54) is 24.3 Å². The zero-order chi connectivity index (χ0) is 12.4. The van der Waals surface area contributed by atoms with Crippen molar-refractivity contribution < 1.29 is 4.74 Å². The summed E-state index contributed by atoms with van der Waals surface area (Å²) in [5.74, 6) is 3.66. The molecule has 0 atom stereocenters. The minimum atomic E-state index is 0.304. The molecule has 0 amide bonds. The summed E-state index contributed by atoms with van der Waals surface area (Å²) in [6.45, 7) is 5.59. The lowest BCUT2D eigenvalue weighted by Crippen LogP contribution is -2.37. The van der Waals surface area contributed by atoms with Crippen LogP contribution in [0.3, 0.4) is 0 Å². The van der Waals surface area contributed by atoms with E-state index in [9.17, 15) is 0 Å². The van der Waals surface area contributed by atoms with Gasteiger partial charge in [0.25, 0.3) is 0 Å². The predicted octanol–water partition coefficient (Wildman–Crippen LogP) is 1.39. The highest BCUT2D eigenvalue weighted by atomic mass is 32.2. The fraction of sp³-hybridized carbons (Fsp3) is 0.692. The number of aromatic nitrogens is 2. The van der Waals surface area contributed by atoms with E-state index in [2.05, 4.69) is 22.9 Å². The van der Waals surface area contributed by atoms with Gasteiger partial charge in [0.05, 0.1) is 24.1 Å². The third kappa shape index (κ3) is 2.62. The molecule has 3 rings (SSSR count). The van der Waals surface area contributed by atoms with Gasteiger partial charge in [0, 0.05) is 24.8 Å². The molecule has 5 heteroatoms. The molecular weight excluding hydrogens is 246 g/mol. The summed E-state index contributed by atoms with van der Waals surface area (Å²) in [6.07, 6.45) is 2.68. The first kappa shape index (κ1) is 12.2. The number of anilines is 1. The third-order valence-corrected chi connectivity index (χ3v) is 5.71. The van der Waals surface area contributed by atoms with Crippen molar-refractivity contribution in [1.82, 2.24) is 9.97 Å². The Hall–Kier alpha value is -0.810. The Bertz CT molecular complexity index is 415. The van der Waals surface area contributed by atoms with Gasteiger partial charge < -0.3 is 9.64 Å². The first-order valence-corrected chi connectivity index (χ1v) is 8.25. The first-order valence-electron chi connectivity index (χ1n) is 6.69. The van der Waals surface area contributed by atoms with Gasteiger partial charge in [-0.1, -0.05) is 0 Å². The molecule has 2 aliphatic heterocycles. The molecule has 0 spiro atoms. The van der Waals surface area contributed by atoms with Crippen molar-refractivity contribution in [3.05, 3.63) is 11.8 Å². The zero-order valence-corrected chi connectivity index (χ0v) is 11.7. The van der Waals surface area contributed by atoms with Crippen LogP contribution in [0, 0.1) is 6.92 Å². The van der Waals surface area contributed by atoms with Crippen molar-refractivity contribution >= 4 is 16.7 Å². The van der Waals surface area contributed by atoms with E-state index in [4.69, 9.17) is 9.72 Å². The lowest BCUT2D eigenvalue weighted by Gasteiger charge is -2.27. The summed E-state index contributed by atoms with van der Waals surface area (Å²) >= 11 is 0. The van der Waals surface area contributed by atoms with E-state index in [-0.39, 0.29) is 0 Å². The maximum atomic E-state index is 5.40. The Morgan fingerprint density at radius 3 is 2.61 bits per heavy atom. The number of ether oxygens (including phenoxy) is 1. The van der Waals surface area contributed by atoms with Gasteiger partial charge >= 0.3 is 5.16 Å². The molecule has 0 N–H and O–H groups in total. The van der Waals surface area contributed by atoms with Gasteiger partial charge in [0.15, 0.2) is 0 Å². The molecule has 3 heterocycles. The van der Waals surface area contributed by atoms with Crippen LogP contribution < -0.4 is 4.90 Å². The molecule has 0 saturated carbocycles. The Balaban J connectivity index is 1.84. The second kappa shape index (κ2) is 5.45. The highest BCUT2D eigenvalue weighted by Gasteiger charge is 2.31. The summed E-state index contributed by atoms with van der Waals surface area (Å²) in [6, 6.07) is 2.11. The molecule has 0 aromatic carbocycles. The number of morpholine rings is 1. The smallest absolute Gasteiger partial charge is 0.347 e. The van der Waals surface area contributed by atoms with Gasteiger partial charge in [-0.2, -0.15) is 9.97 Å². The van der Waals surface area contributed by atoms with E-state index in [0.29, 0.717) is 10.9 Å². The van der Waals surface area contributed by atoms with Gasteiger partial charge in [-0.3, -0.25) is 0 Å². The standard InChI is InChI=1S/C13H20N3OS/c1-11-10-12(16-4-6-17-7-5-16)15-13(14-11)18-8-2-3-9-18/h10H,2-9H2,1H3/q+1. The van der Waals surface area contributed by atoms with E-state index in [0.717, 1.165) is 43.0 Å². The number of nitrogens with zero attached hydrogens (tertiary/aromatic N) is 3. The molecule has 2 aliphatic rings. The SMILES string of the molecule is Cc1cc(N2CCOCC2)nc([S+]2CCCC2)n1. The van der Waals surface area contributed by atoms with Crippen molar-refractivity contribution in [2.75, 3.05) is 42.7 Å². The quantitative estimate of drug-likeness (QED) is 0.599. The van der Waals surface area contributed by atoms with E-state index < -0.39 is 0 Å². The second-order valence-corrected chi connectivity index (χ2v) is 7.02. The van der Waals surface area contributed by atoms with Crippen LogP contribution in [0.15, 0.2) is 11.2 Å². The predicted molar refractivity (Wildman–Crippen MR) is 74.4 cm³/mol. The van der Waals surface area contributed by atoms with Gasteiger partial charge in [0.2, 0.25) is 0 Å². The van der Waals surface area contributed by atoms with Gasteiger partial charge in [-0.05, 0) is 19.8 Å². The third-order valence-electron chi connectivity index (χ3n) is 3.44. The highest BCUT2D eigenvalue weighted by Crippen LogP contribution is 2.23. The zero-order valence-electron chi connectivity index (χ0n) is 10.9. The number of aryl methyl sites for hydroxylation is 1. The number of hydrogen-bond donors (Lipinski definition) is 0. The maximum absolute atomic E-state index is 5.40. The molecule has 18 heavy (non-hydrogen) atoms. The monoisotopic (exact) mass is 266 g/mol. The first-order chi connectivity index (χ1) is 8.83.